The summed E-state index contributed by atoms with van der Waals surface area (Å²) >= 11 is 1.46. The molecule has 2 heterocycles. The van der Waals surface area contributed by atoms with E-state index in [0.29, 0.717) is 5.56 Å². The van der Waals surface area contributed by atoms with Crippen molar-refractivity contribution in [2.45, 2.75) is 6.92 Å². The van der Waals surface area contributed by atoms with E-state index < -0.39 is 5.97 Å². The molecule has 2 aromatic heterocycles. The molecule has 0 spiro atoms. The van der Waals surface area contributed by atoms with Gasteiger partial charge < -0.3 is 10.4 Å². The molecule has 2 aromatic rings. The zero-order valence-corrected chi connectivity index (χ0v) is 9.67. The van der Waals surface area contributed by atoms with E-state index in [0.717, 1.165) is 4.88 Å². The van der Waals surface area contributed by atoms with Crippen molar-refractivity contribution in [3.8, 4) is 0 Å². The lowest BCUT2D eigenvalue weighted by atomic mass is 10.2. The highest BCUT2D eigenvalue weighted by atomic mass is 32.1. The molecule has 0 radical (unpaired) electrons. The Kier molecular flexibility index (Phi) is 2.92. The number of aromatic carboxylic acids is 1. The second-order valence-electron chi connectivity index (χ2n) is 3.31. The highest BCUT2D eigenvalue weighted by molar-refractivity contribution is 7.10. The van der Waals surface area contributed by atoms with Crippen molar-refractivity contribution in [3.05, 3.63) is 33.8 Å². The van der Waals surface area contributed by atoms with Crippen molar-refractivity contribution in [2.24, 2.45) is 0 Å². The van der Waals surface area contributed by atoms with Crippen LogP contribution in [-0.4, -0.2) is 27.2 Å². The number of aryl methyl sites for hydroxylation is 1. The first kappa shape index (κ1) is 11.3. The van der Waals surface area contributed by atoms with Crippen LogP contribution in [0.1, 0.15) is 25.7 Å². The number of H-pyrrole nitrogens is 1. The number of hydrogen-bond acceptors (Lipinski definition) is 4. The number of aromatic nitrogens is 2. The Morgan fingerprint density at radius 2 is 2.29 bits per heavy atom. The van der Waals surface area contributed by atoms with Crippen LogP contribution in [0.25, 0.3) is 0 Å². The standard InChI is InChI=1S/C10H9N3O3S/c1-5-6(2-3-17-5)9(14)12-7-4-11-13-8(7)10(15)16/h2-4H,1H3,(H,11,13)(H,12,14)(H,15,16). The molecule has 0 aliphatic rings. The third-order valence-corrected chi connectivity index (χ3v) is 3.05. The SMILES string of the molecule is Cc1sccc1C(=O)Nc1cn[nH]c1C(=O)O. The Bertz CT molecular complexity index is 573. The first-order chi connectivity index (χ1) is 8.09. The van der Waals surface area contributed by atoms with Crippen LogP contribution in [0.4, 0.5) is 5.69 Å². The minimum atomic E-state index is -1.17. The summed E-state index contributed by atoms with van der Waals surface area (Å²) in [6.07, 6.45) is 1.27. The van der Waals surface area contributed by atoms with Gasteiger partial charge >= 0.3 is 5.97 Å². The average molecular weight is 251 g/mol. The van der Waals surface area contributed by atoms with Gasteiger partial charge in [-0.3, -0.25) is 9.89 Å². The predicted octanol–water partition coefficient (Wildman–Crippen LogP) is 1.73. The van der Waals surface area contributed by atoms with Crippen LogP contribution < -0.4 is 5.32 Å². The van der Waals surface area contributed by atoms with Gasteiger partial charge in [-0.15, -0.1) is 11.3 Å². The van der Waals surface area contributed by atoms with Crippen LogP contribution in [0.5, 0.6) is 0 Å². The summed E-state index contributed by atoms with van der Waals surface area (Å²) in [6.45, 7) is 1.83. The predicted molar refractivity (Wildman–Crippen MR) is 62.6 cm³/mol. The smallest absolute Gasteiger partial charge is 0.356 e. The molecule has 6 nitrogen and oxygen atoms in total. The molecule has 0 aromatic carbocycles. The first-order valence-electron chi connectivity index (χ1n) is 4.71. The summed E-state index contributed by atoms with van der Waals surface area (Å²) in [6, 6.07) is 1.69. The quantitative estimate of drug-likeness (QED) is 0.774. The van der Waals surface area contributed by atoms with Gasteiger partial charge in [-0.25, -0.2) is 4.79 Å². The number of hydrogen-bond donors (Lipinski definition) is 3. The summed E-state index contributed by atoms with van der Waals surface area (Å²) in [7, 11) is 0. The molecule has 7 heteroatoms. The summed E-state index contributed by atoms with van der Waals surface area (Å²) in [5.41, 5.74) is 0.562. The van der Waals surface area contributed by atoms with Crippen LogP contribution in [0, 0.1) is 6.92 Å². The molecule has 0 fully saturated rings. The molecule has 2 rings (SSSR count). The van der Waals surface area contributed by atoms with Gasteiger partial charge in [0.05, 0.1) is 17.4 Å². The molecule has 0 bridgehead atoms. The summed E-state index contributed by atoms with van der Waals surface area (Å²) < 4.78 is 0. The van der Waals surface area contributed by atoms with E-state index in [1.54, 1.807) is 11.4 Å². The maximum Gasteiger partial charge on any atom is 0.356 e. The molecule has 0 saturated carbocycles. The molecule has 0 atom stereocenters. The highest BCUT2D eigenvalue weighted by Crippen LogP contribution is 2.18. The van der Waals surface area contributed by atoms with Gasteiger partial charge in [0.2, 0.25) is 0 Å². The molecule has 0 aliphatic carbocycles. The van der Waals surface area contributed by atoms with Gasteiger partial charge in [-0.2, -0.15) is 5.10 Å². The number of carbonyl (C=O) groups excluding carboxylic acids is 1. The topological polar surface area (TPSA) is 95.1 Å². The van der Waals surface area contributed by atoms with Crippen molar-refractivity contribution in [1.29, 1.82) is 0 Å². The Balaban J connectivity index is 2.22. The molecular formula is C10H9N3O3S. The number of nitrogens with one attached hydrogen (secondary N) is 2. The van der Waals surface area contributed by atoms with Gasteiger partial charge in [0.25, 0.3) is 5.91 Å². The van der Waals surface area contributed by atoms with Crippen molar-refractivity contribution < 1.29 is 14.7 Å². The van der Waals surface area contributed by atoms with Gasteiger partial charge in [0.1, 0.15) is 0 Å². The number of anilines is 1. The lowest BCUT2D eigenvalue weighted by Gasteiger charge is -2.02. The second kappa shape index (κ2) is 4.38. The number of nitrogens with zero attached hydrogens (tertiary/aromatic N) is 1. The Labute approximate surface area is 100 Å². The van der Waals surface area contributed by atoms with Crippen molar-refractivity contribution >= 4 is 28.9 Å². The molecule has 88 valence electrons. The Morgan fingerprint density at radius 3 is 2.88 bits per heavy atom. The van der Waals surface area contributed by atoms with Crippen LogP contribution in [-0.2, 0) is 0 Å². The zero-order valence-electron chi connectivity index (χ0n) is 8.85. The minimum absolute atomic E-state index is 0.133. The van der Waals surface area contributed by atoms with Crippen LogP contribution in [0.2, 0.25) is 0 Å². The van der Waals surface area contributed by atoms with Crippen molar-refractivity contribution in [2.75, 3.05) is 5.32 Å². The largest absolute Gasteiger partial charge is 0.476 e. The van der Waals surface area contributed by atoms with Crippen molar-refractivity contribution in [3.63, 3.8) is 0 Å². The number of carbonyl (C=O) groups is 2. The van der Waals surface area contributed by atoms with Gasteiger partial charge in [0, 0.05) is 4.88 Å². The van der Waals surface area contributed by atoms with E-state index in [1.807, 2.05) is 6.92 Å². The molecule has 0 aliphatic heterocycles. The minimum Gasteiger partial charge on any atom is -0.476 e. The first-order valence-corrected chi connectivity index (χ1v) is 5.59. The monoisotopic (exact) mass is 251 g/mol. The number of amides is 1. The number of thiophene rings is 1. The molecule has 17 heavy (non-hydrogen) atoms. The molecule has 0 unspecified atom stereocenters. The Morgan fingerprint density at radius 1 is 1.53 bits per heavy atom. The van der Waals surface area contributed by atoms with E-state index in [2.05, 4.69) is 15.5 Å². The van der Waals surface area contributed by atoms with Gasteiger partial charge in [-0.1, -0.05) is 0 Å². The lowest BCUT2D eigenvalue weighted by Crippen LogP contribution is -2.14. The molecule has 1 amide bonds. The average Bonchev–Trinajstić information content (AvgIpc) is 2.86. The van der Waals surface area contributed by atoms with Gasteiger partial charge in [0.15, 0.2) is 5.69 Å². The van der Waals surface area contributed by atoms with E-state index in [4.69, 9.17) is 5.11 Å². The fourth-order valence-electron chi connectivity index (χ4n) is 1.35. The third-order valence-electron chi connectivity index (χ3n) is 2.20. The molecule has 3 N–H and O–H groups in total. The third kappa shape index (κ3) is 2.18. The summed E-state index contributed by atoms with van der Waals surface area (Å²) in [4.78, 5) is 23.5. The van der Waals surface area contributed by atoms with E-state index in [9.17, 15) is 9.59 Å². The lowest BCUT2D eigenvalue weighted by molar-refractivity contribution is 0.0691. The fraction of sp³-hybridized carbons (Fsp3) is 0.100. The summed E-state index contributed by atoms with van der Waals surface area (Å²) in [5.74, 6) is -1.51. The summed E-state index contributed by atoms with van der Waals surface area (Å²) in [5, 5.41) is 19.0. The number of carboxylic acids is 1. The Hall–Kier alpha value is -2.15. The normalized spacial score (nSPS) is 10.2. The molecular weight excluding hydrogens is 242 g/mol. The van der Waals surface area contributed by atoms with E-state index >= 15 is 0 Å². The maximum absolute atomic E-state index is 11.8. The zero-order chi connectivity index (χ0) is 12.4. The van der Waals surface area contributed by atoms with E-state index in [-0.39, 0.29) is 17.3 Å². The number of carboxylic acid groups (broad SMARTS) is 1. The highest BCUT2D eigenvalue weighted by Gasteiger charge is 2.16. The number of aromatic amines is 1. The van der Waals surface area contributed by atoms with Crippen molar-refractivity contribution in [1.82, 2.24) is 10.2 Å². The fourth-order valence-corrected chi connectivity index (χ4v) is 2.05. The van der Waals surface area contributed by atoms with Crippen LogP contribution >= 0.6 is 11.3 Å². The molecule has 0 saturated heterocycles. The maximum atomic E-state index is 11.8. The second-order valence-corrected chi connectivity index (χ2v) is 4.43. The van der Waals surface area contributed by atoms with Crippen LogP contribution in [0.15, 0.2) is 17.6 Å². The van der Waals surface area contributed by atoms with E-state index in [1.165, 1.54) is 17.5 Å². The van der Waals surface area contributed by atoms with Gasteiger partial charge in [-0.05, 0) is 18.4 Å². The van der Waals surface area contributed by atoms with Crippen LogP contribution in [0.3, 0.4) is 0 Å². The number of rotatable bonds is 3.